The smallest absolute Gasteiger partial charge is 0.257 e. The summed E-state index contributed by atoms with van der Waals surface area (Å²) in [6.07, 6.45) is 0.519. The summed E-state index contributed by atoms with van der Waals surface area (Å²) in [6.45, 7) is 2.11. The summed E-state index contributed by atoms with van der Waals surface area (Å²) in [6, 6.07) is 1.57. The van der Waals surface area contributed by atoms with Gasteiger partial charge in [-0.3, -0.25) is 4.79 Å². The topological polar surface area (TPSA) is 66.6 Å². The van der Waals surface area contributed by atoms with Gasteiger partial charge >= 0.3 is 0 Å². The molecule has 1 aromatic carbocycles. The maximum atomic E-state index is 13.5. The van der Waals surface area contributed by atoms with Crippen molar-refractivity contribution in [3.8, 4) is 0 Å². The van der Waals surface area contributed by atoms with Gasteiger partial charge in [0.15, 0.2) is 0 Å². The molecule has 6 heteroatoms. The van der Waals surface area contributed by atoms with Crippen LogP contribution in [0, 0.1) is 11.6 Å². The molecule has 3 N–H and O–H groups in total. The van der Waals surface area contributed by atoms with Crippen molar-refractivity contribution in [3.05, 3.63) is 29.3 Å². The van der Waals surface area contributed by atoms with Gasteiger partial charge in [-0.05, 0) is 12.5 Å². The number of rotatable bonds is 2. The summed E-state index contributed by atoms with van der Waals surface area (Å²) in [7, 11) is 0. The molecule has 1 aromatic rings. The van der Waals surface area contributed by atoms with Gasteiger partial charge in [-0.15, -0.1) is 0 Å². The van der Waals surface area contributed by atoms with Crippen molar-refractivity contribution in [1.82, 2.24) is 4.90 Å². The largest absolute Gasteiger partial charge is 0.396 e. The maximum Gasteiger partial charge on any atom is 0.257 e. The van der Waals surface area contributed by atoms with Crippen molar-refractivity contribution in [3.63, 3.8) is 0 Å². The van der Waals surface area contributed by atoms with Crippen molar-refractivity contribution >= 4 is 11.6 Å². The van der Waals surface area contributed by atoms with E-state index in [2.05, 4.69) is 0 Å². The first-order valence-electron chi connectivity index (χ1n) is 5.62. The van der Waals surface area contributed by atoms with Gasteiger partial charge in [0.2, 0.25) is 0 Å². The standard InChI is InChI=1S/C12H14F2N2O2/c1-2-12(18)5-16(6-12)11(17)7-3-10(15)9(14)4-8(7)13/h3-4,18H,2,5-6,15H2,1H3. The highest BCUT2D eigenvalue weighted by Gasteiger charge is 2.42. The Morgan fingerprint density at radius 3 is 2.61 bits per heavy atom. The number of carbonyl (C=O) groups excluding carboxylic acids is 1. The molecule has 4 nitrogen and oxygen atoms in total. The highest BCUT2D eigenvalue weighted by atomic mass is 19.1. The van der Waals surface area contributed by atoms with Crippen molar-refractivity contribution in [2.45, 2.75) is 18.9 Å². The fraction of sp³-hybridized carbons (Fsp3) is 0.417. The number of carbonyl (C=O) groups is 1. The van der Waals surface area contributed by atoms with Crippen LogP contribution in [0.1, 0.15) is 23.7 Å². The van der Waals surface area contributed by atoms with Gasteiger partial charge in [-0.25, -0.2) is 8.78 Å². The number of amides is 1. The molecule has 0 atom stereocenters. The molecule has 1 fully saturated rings. The third-order valence-corrected chi connectivity index (χ3v) is 3.23. The quantitative estimate of drug-likeness (QED) is 0.780. The van der Waals surface area contributed by atoms with E-state index >= 15 is 0 Å². The van der Waals surface area contributed by atoms with E-state index in [1.165, 1.54) is 4.90 Å². The number of halogens is 2. The highest BCUT2D eigenvalue weighted by Crippen LogP contribution is 2.27. The van der Waals surface area contributed by atoms with E-state index in [-0.39, 0.29) is 24.3 Å². The van der Waals surface area contributed by atoms with Crippen molar-refractivity contribution in [2.24, 2.45) is 0 Å². The summed E-state index contributed by atoms with van der Waals surface area (Å²) < 4.78 is 26.4. The number of anilines is 1. The Kier molecular flexibility index (Phi) is 2.98. The molecular weight excluding hydrogens is 242 g/mol. The average molecular weight is 256 g/mol. The zero-order chi connectivity index (χ0) is 13.5. The lowest BCUT2D eigenvalue weighted by molar-refractivity contribution is -0.0827. The highest BCUT2D eigenvalue weighted by molar-refractivity contribution is 5.96. The zero-order valence-electron chi connectivity index (χ0n) is 9.91. The van der Waals surface area contributed by atoms with Gasteiger partial charge in [-0.2, -0.15) is 0 Å². The molecular formula is C12H14F2N2O2. The Morgan fingerprint density at radius 2 is 2.06 bits per heavy atom. The Bertz CT molecular complexity index is 499. The minimum atomic E-state index is -0.946. The Balaban J connectivity index is 2.19. The number of aliphatic hydroxyl groups is 1. The van der Waals surface area contributed by atoms with Gasteiger partial charge in [0.05, 0.1) is 29.9 Å². The van der Waals surface area contributed by atoms with Gasteiger partial charge in [0, 0.05) is 6.07 Å². The molecule has 18 heavy (non-hydrogen) atoms. The van der Waals surface area contributed by atoms with E-state index in [4.69, 9.17) is 5.73 Å². The number of hydrogen-bond acceptors (Lipinski definition) is 3. The molecule has 1 amide bonds. The summed E-state index contributed by atoms with van der Waals surface area (Å²) in [5.74, 6) is -2.42. The van der Waals surface area contributed by atoms with E-state index in [1.807, 2.05) is 0 Å². The first kappa shape index (κ1) is 12.8. The Labute approximate surface area is 103 Å². The molecule has 1 heterocycles. The predicted molar refractivity (Wildman–Crippen MR) is 61.9 cm³/mol. The van der Waals surface area contributed by atoms with Crippen LogP contribution in [-0.2, 0) is 0 Å². The van der Waals surface area contributed by atoms with Crippen LogP contribution in [0.25, 0.3) is 0 Å². The van der Waals surface area contributed by atoms with Gasteiger partial charge in [0.1, 0.15) is 11.6 Å². The van der Waals surface area contributed by atoms with Crippen molar-refractivity contribution in [2.75, 3.05) is 18.8 Å². The third-order valence-electron chi connectivity index (χ3n) is 3.23. The third kappa shape index (κ3) is 2.03. The van der Waals surface area contributed by atoms with Crippen molar-refractivity contribution in [1.29, 1.82) is 0 Å². The van der Waals surface area contributed by atoms with Crippen LogP contribution in [0.4, 0.5) is 14.5 Å². The molecule has 0 aromatic heterocycles. The minimum absolute atomic E-state index is 0.152. The SMILES string of the molecule is CCC1(O)CN(C(=O)c2cc(N)c(F)cc2F)C1. The van der Waals surface area contributed by atoms with Crippen molar-refractivity contribution < 1.29 is 18.7 Å². The second-order valence-corrected chi connectivity index (χ2v) is 4.59. The van der Waals surface area contributed by atoms with Crippen LogP contribution in [0.15, 0.2) is 12.1 Å². The van der Waals surface area contributed by atoms with E-state index in [0.29, 0.717) is 12.5 Å². The van der Waals surface area contributed by atoms with Gasteiger partial charge in [-0.1, -0.05) is 6.92 Å². The number of nitrogens with zero attached hydrogens (tertiary/aromatic N) is 1. The first-order chi connectivity index (χ1) is 8.36. The molecule has 0 unspecified atom stereocenters. The Morgan fingerprint density at radius 1 is 1.44 bits per heavy atom. The lowest BCUT2D eigenvalue weighted by Gasteiger charge is -2.46. The molecule has 0 radical (unpaired) electrons. The van der Waals surface area contributed by atoms with Gasteiger partial charge in [0.25, 0.3) is 5.91 Å². The molecule has 0 saturated carbocycles. The second-order valence-electron chi connectivity index (χ2n) is 4.59. The van der Waals surface area contributed by atoms with Crippen LogP contribution in [0.3, 0.4) is 0 Å². The van der Waals surface area contributed by atoms with Crippen LogP contribution >= 0.6 is 0 Å². The summed E-state index contributed by atoms with van der Waals surface area (Å²) in [5.41, 5.74) is 3.87. The van der Waals surface area contributed by atoms with E-state index in [9.17, 15) is 18.7 Å². The summed E-state index contributed by atoms with van der Waals surface area (Å²) in [4.78, 5) is 13.2. The lowest BCUT2D eigenvalue weighted by Crippen LogP contribution is -2.63. The number of hydrogen-bond donors (Lipinski definition) is 2. The number of nitrogen functional groups attached to an aromatic ring is 1. The van der Waals surface area contributed by atoms with Crippen LogP contribution in [0.5, 0.6) is 0 Å². The number of nitrogens with two attached hydrogens (primary N) is 1. The number of benzene rings is 1. The van der Waals surface area contributed by atoms with E-state index in [0.717, 1.165) is 6.07 Å². The van der Waals surface area contributed by atoms with E-state index < -0.39 is 23.1 Å². The normalized spacial score (nSPS) is 17.4. The molecule has 2 rings (SSSR count). The van der Waals surface area contributed by atoms with Crippen LogP contribution < -0.4 is 5.73 Å². The average Bonchev–Trinajstić information content (AvgIpc) is 2.29. The summed E-state index contributed by atoms with van der Waals surface area (Å²) in [5, 5.41) is 9.78. The fourth-order valence-electron chi connectivity index (χ4n) is 1.93. The molecule has 1 aliphatic heterocycles. The summed E-state index contributed by atoms with van der Waals surface area (Å²) >= 11 is 0. The zero-order valence-corrected chi connectivity index (χ0v) is 9.91. The molecule has 1 aliphatic rings. The monoisotopic (exact) mass is 256 g/mol. The minimum Gasteiger partial charge on any atom is -0.396 e. The lowest BCUT2D eigenvalue weighted by atomic mass is 9.90. The Hall–Kier alpha value is -1.69. The molecule has 0 bridgehead atoms. The number of likely N-dealkylation sites (tertiary alicyclic amines) is 1. The molecule has 1 saturated heterocycles. The van der Waals surface area contributed by atoms with E-state index in [1.54, 1.807) is 6.92 Å². The predicted octanol–water partition coefficient (Wildman–Crippen LogP) is 1.14. The second kappa shape index (κ2) is 4.20. The maximum absolute atomic E-state index is 13.5. The molecule has 0 aliphatic carbocycles. The van der Waals surface area contributed by atoms with Crippen LogP contribution in [-0.4, -0.2) is 34.6 Å². The molecule has 98 valence electrons. The fourth-order valence-corrected chi connectivity index (χ4v) is 1.93. The molecule has 0 spiro atoms. The van der Waals surface area contributed by atoms with Crippen LogP contribution in [0.2, 0.25) is 0 Å². The van der Waals surface area contributed by atoms with Gasteiger partial charge < -0.3 is 15.7 Å². The first-order valence-corrected chi connectivity index (χ1v) is 5.62. The number of β-amino-alcohol motifs (C(OH)–C–C–N with tert-alkyl or cyclic N) is 1.